The van der Waals surface area contributed by atoms with Crippen molar-refractivity contribution in [3.05, 3.63) is 12.2 Å². The maximum atomic E-state index is 12.1. The topological polar surface area (TPSA) is 35.5 Å². The van der Waals surface area contributed by atoms with Gasteiger partial charge in [0, 0.05) is 7.11 Å². The number of hydrogen-bond acceptors (Lipinski definition) is 3. The van der Waals surface area contributed by atoms with Crippen molar-refractivity contribution in [2.45, 2.75) is 19.2 Å². The number of alkyl halides is 3. The second-order valence-electron chi connectivity index (χ2n) is 2.89. The molecule has 0 amide bonds. The Morgan fingerprint density at radius 3 is 2.13 bits per heavy atom. The lowest BCUT2D eigenvalue weighted by atomic mass is 10.1. The van der Waals surface area contributed by atoms with Crippen LogP contribution in [-0.2, 0) is 14.3 Å². The molecule has 0 saturated heterocycles. The summed E-state index contributed by atoms with van der Waals surface area (Å²) >= 11 is 0. The van der Waals surface area contributed by atoms with E-state index in [0.717, 1.165) is 26.2 Å². The Kier molecular flexibility index (Phi) is 5.35. The van der Waals surface area contributed by atoms with Gasteiger partial charge < -0.3 is 9.47 Å². The van der Waals surface area contributed by atoms with Crippen molar-refractivity contribution in [1.82, 2.24) is 0 Å². The third kappa shape index (κ3) is 4.83. The molecule has 0 aliphatic heterocycles. The molecule has 0 aliphatic carbocycles. The van der Waals surface area contributed by atoms with Gasteiger partial charge in [0.2, 0.25) is 0 Å². The minimum atomic E-state index is -4.31. The van der Waals surface area contributed by atoms with Crippen LogP contribution in [0.15, 0.2) is 12.2 Å². The maximum absolute atomic E-state index is 12.1. The summed E-state index contributed by atoms with van der Waals surface area (Å²) in [5, 5.41) is 0. The molecule has 2 atom stereocenters. The molecule has 0 aromatic rings. The van der Waals surface area contributed by atoms with Gasteiger partial charge >= 0.3 is 12.1 Å². The van der Waals surface area contributed by atoms with Crippen LogP contribution in [0.25, 0.3) is 0 Å². The quantitative estimate of drug-likeness (QED) is 0.542. The van der Waals surface area contributed by atoms with Crippen LogP contribution < -0.4 is 0 Å². The molecule has 0 rings (SSSR count). The average molecular weight is 226 g/mol. The van der Waals surface area contributed by atoms with Crippen molar-refractivity contribution < 1.29 is 27.4 Å². The lowest BCUT2D eigenvalue weighted by molar-refractivity contribution is -0.157. The first kappa shape index (κ1) is 14.0. The zero-order chi connectivity index (χ0) is 12.1. The first-order chi connectivity index (χ1) is 6.82. The number of esters is 1. The Morgan fingerprint density at radius 2 is 1.80 bits per heavy atom. The molecule has 0 radical (unpaired) electrons. The van der Waals surface area contributed by atoms with Crippen molar-refractivity contribution in [2.24, 2.45) is 5.92 Å². The van der Waals surface area contributed by atoms with Crippen molar-refractivity contribution in [1.29, 1.82) is 0 Å². The molecule has 15 heavy (non-hydrogen) atoms. The summed E-state index contributed by atoms with van der Waals surface area (Å²) in [4.78, 5) is 10.9. The van der Waals surface area contributed by atoms with Crippen LogP contribution in [0.1, 0.15) is 6.92 Å². The van der Waals surface area contributed by atoms with Crippen LogP contribution in [0.4, 0.5) is 13.2 Å². The van der Waals surface area contributed by atoms with Gasteiger partial charge in [-0.15, -0.1) is 0 Å². The second-order valence-corrected chi connectivity index (χ2v) is 2.89. The number of ether oxygens (including phenoxy) is 2. The van der Waals surface area contributed by atoms with Crippen LogP contribution in [-0.4, -0.2) is 32.5 Å². The number of carbonyl (C=O) groups is 1. The fourth-order valence-corrected chi connectivity index (χ4v) is 0.746. The van der Waals surface area contributed by atoms with E-state index in [-0.39, 0.29) is 0 Å². The first-order valence-corrected chi connectivity index (χ1v) is 4.18. The van der Waals surface area contributed by atoms with Crippen molar-refractivity contribution >= 4 is 5.97 Å². The number of allylic oxidation sites excluding steroid dienone is 1. The van der Waals surface area contributed by atoms with Gasteiger partial charge in [-0.25, -0.2) is 4.79 Å². The highest BCUT2D eigenvalue weighted by atomic mass is 19.4. The largest absolute Gasteiger partial charge is 0.467 e. The summed E-state index contributed by atoms with van der Waals surface area (Å²) in [5.41, 5.74) is 0. The maximum Gasteiger partial charge on any atom is 0.394 e. The van der Waals surface area contributed by atoms with Crippen LogP contribution in [0.3, 0.4) is 0 Å². The highest BCUT2D eigenvalue weighted by Gasteiger charge is 2.34. The number of hydrogen-bond donors (Lipinski definition) is 0. The van der Waals surface area contributed by atoms with E-state index in [2.05, 4.69) is 9.47 Å². The van der Waals surface area contributed by atoms with E-state index >= 15 is 0 Å². The molecule has 88 valence electrons. The smallest absolute Gasteiger partial charge is 0.394 e. The zero-order valence-electron chi connectivity index (χ0n) is 8.67. The Hall–Kier alpha value is -1.04. The van der Waals surface area contributed by atoms with E-state index in [1.54, 1.807) is 0 Å². The predicted octanol–water partition coefficient (Wildman–Crippen LogP) is 1.93. The molecule has 0 aromatic carbocycles. The molecule has 0 aliphatic rings. The Bertz CT molecular complexity index is 235. The summed E-state index contributed by atoms with van der Waals surface area (Å²) in [6.45, 7) is 0.987. The highest BCUT2D eigenvalue weighted by Crippen LogP contribution is 2.26. The van der Waals surface area contributed by atoms with Crippen molar-refractivity contribution in [3.8, 4) is 0 Å². The van der Waals surface area contributed by atoms with E-state index in [9.17, 15) is 18.0 Å². The number of rotatable bonds is 4. The van der Waals surface area contributed by atoms with Gasteiger partial charge in [-0.1, -0.05) is 13.0 Å². The third-order valence-electron chi connectivity index (χ3n) is 1.78. The normalized spacial score (nSPS) is 16.4. The molecule has 0 spiro atoms. The molecule has 0 saturated carbocycles. The number of carbonyl (C=O) groups excluding carboxylic acids is 1. The first-order valence-electron chi connectivity index (χ1n) is 4.18. The van der Waals surface area contributed by atoms with E-state index in [0.29, 0.717) is 0 Å². The predicted molar refractivity (Wildman–Crippen MR) is 47.2 cm³/mol. The molecule has 0 fully saturated rings. The molecule has 0 bridgehead atoms. The molecule has 0 aromatic heterocycles. The minimum Gasteiger partial charge on any atom is -0.467 e. The Labute approximate surface area is 85.9 Å². The second kappa shape index (κ2) is 5.75. The average Bonchev–Trinajstić information content (AvgIpc) is 2.16. The fraction of sp³-hybridized carbons (Fsp3) is 0.667. The van der Waals surface area contributed by atoms with Crippen LogP contribution in [0.5, 0.6) is 0 Å². The standard InChI is InChI=1S/C9H13F3O3/c1-6(9(10,11)12)4-5-7(14-2)8(13)15-3/h4-7H,1-3H3/b5-4+/t6-,7-/m0/s1. The highest BCUT2D eigenvalue weighted by molar-refractivity contribution is 5.76. The van der Waals surface area contributed by atoms with Crippen LogP contribution >= 0.6 is 0 Å². The third-order valence-corrected chi connectivity index (χ3v) is 1.78. The summed E-state index contributed by atoms with van der Waals surface area (Å²) < 4.78 is 45.2. The minimum absolute atomic E-state index is 0.733. The molecular formula is C9H13F3O3. The fourth-order valence-electron chi connectivity index (χ4n) is 0.746. The van der Waals surface area contributed by atoms with Gasteiger partial charge in [0.15, 0.2) is 6.10 Å². The zero-order valence-corrected chi connectivity index (χ0v) is 8.67. The lowest BCUT2D eigenvalue weighted by Gasteiger charge is -2.12. The van der Waals surface area contributed by atoms with Crippen molar-refractivity contribution in [2.75, 3.05) is 14.2 Å². The summed E-state index contributed by atoms with van der Waals surface area (Å²) in [7, 11) is 2.35. The van der Waals surface area contributed by atoms with Crippen LogP contribution in [0, 0.1) is 5.92 Å². The van der Waals surface area contributed by atoms with E-state index in [4.69, 9.17) is 0 Å². The number of halogens is 3. The molecule has 3 nitrogen and oxygen atoms in total. The van der Waals surface area contributed by atoms with Crippen LogP contribution in [0.2, 0.25) is 0 Å². The molecule has 0 N–H and O–H groups in total. The van der Waals surface area contributed by atoms with E-state index in [1.165, 1.54) is 7.11 Å². The lowest BCUT2D eigenvalue weighted by Crippen LogP contribution is -2.23. The van der Waals surface area contributed by atoms with E-state index < -0.39 is 24.2 Å². The number of methoxy groups -OCH3 is 2. The van der Waals surface area contributed by atoms with Gasteiger partial charge in [0.1, 0.15) is 0 Å². The SMILES string of the molecule is COC(=O)[C@H](/C=C/[C@H](C)C(F)(F)F)OC. The monoisotopic (exact) mass is 226 g/mol. The summed E-state index contributed by atoms with van der Waals surface area (Å²) in [5.74, 6) is -2.36. The summed E-state index contributed by atoms with van der Waals surface area (Å²) in [6.07, 6.45) is -3.51. The van der Waals surface area contributed by atoms with Gasteiger partial charge in [-0.3, -0.25) is 0 Å². The van der Waals surface area contributed by atoms with Gasteiger partial charge in [-0.2, -0.15) is 13.2 Å². The molecule has 0 heterocycles. The Balaban J connectivity index is 4.42. The molecular weight excluding hydrogens is 213 g/mol. The van der Waals surface area contributed by atoms with Gasteiger partial charge in [0.25, 0.3) is 0 Å². The van der Waals surface area contributed by atoms with Crippen molar-refractivity contribution in [3.63, 3.8) is 0 Å². The van der Waals surface area contributed by atoms with Gasteiger partial charge in [0.05, 0.1) is 13.0 Å². The molecule has 0 unspecified atom stereocenters. The van der Waals surface area contributed by atoms with Gasteiger partial charge in [-0.05, 0) is 6.08 Å². The molecule has 6 heteroatoms. The summed E-state index contributed by atoms with van der Waals surface area (Å²) in [6, 6.07) is 0. The Morgan fingerprint density at radius 1 is 1.27 bits per heavy atom. The van der Waals surface area contributed by atoms with E-state index in [1.807, 2.05) is 0 Å².